The number of carbonyl (C=O) groups excluding carboxylic acids is 2. The van der Waals surface area contributed by atoms with E-state index in [1.807, 2.05) is 32.8 Å². The van der Waals surface area contributed by atoms with Crippen molar-refractivity contribution in [3.8, 4) is 0 Å². The Bertz CT molecular complexity index is 878. The average molecular weight is 398 g/mol. The zero-order valence-corrected chi connectivity index (χ0v) is 17.5. The van der Waals surface area contributed by atoms with Gasteiger partial charge in [0.2, 0.25) is 11.8 Å². The molecule has 156 valence electrons. The van der Waals surface area contributed by atoms with Crippen LogP contribution in [0.15, 0.2) is 24.7 Å². The highest BCUT2D eigenvalue weighted by Crippen LogP contribution is 2.22. The third-order valence-electron chi connectivity index (χ3n) is 6.20. The third kappa shape index (κ3) is 4.29. The molecule has 0 radical (unpaired) electrons. The van der Waals surface area contributed by atoms with Gasteiger partial charge >= 0.3 is 0 Å². The summed E-state index contributed by atoms with van der Waals surface area (Å²) in [5, 5.41) is 1.11. The molecule has 2 aliphatic rings. The molecule has 0 bridgehead atoms. The third-order valence-corrected chi connectivity index (χ3v) is 6.20. The number of pyridine rings is 1. The molecular formula is C22H31N5O2. The number of hydrogen-bond donors (Lipinski definition) is 0. The van der Waals surface area contributed by atoms with Crippen LogP contribution in [0.5, 0.6) is 0 Å². The van der Waals surface area contributed by atoms with Crippen LogP contribution in [0.25, 0.3) is 10.9 Å². The highest BCUT2D eigenvalue weighted by Gasteiger charge is 2.33. The van der Waals surface area contributed by atoms with Crippen LogP contribution in [0.2, 0.25) is 0 Å². The first-order chi connectivity index (χ1) is 14.0. The van der Waals surface area contributed by atoms with Gasteiger partial charge in [0, 0.05) is 82.1 Å². The van der Waals surface area contributed by atoms with Crippen LogP contribution in [0.3, 0.4) is 0 Å². The largest absolute Gasteiger partial charge is 0.340 e. The van der Waals surface area contributed by atoms with E-state index in [2.05, 4.69) is 23.7 Å². The molecular weight excluding hydrogens is 366 g/mol. The topological polar surface area (TPSA) is 61.7 Å². The highest BCUT2D eigenvalue weighted by atomic mass is 16.2. The molecule has 4 rings (SSSR count). The summed E-state index contributed by atoms with van der Waals surface area (Å²) in [6, 6.07) is 1.97. The van der Waals surface area contributed by atoms with Gasteiger partial charge in [0.05, 0.1) is 5.52 Å². The Morgan fingerprint density at radius 2 is 1.86 bits per heavy atom. The van der Waals surface area contributed by atoms with Crippen LogP contribution in [0.1, 0.15) is 25.3 Å². The molecule has 2 aromatic heterocycles. The summed E-state index contributed by atoms with van der Waals surface area (Å²) in [5.74, 6) is 1.02. The summed E-state index contributed by atoms with van der Waals surface area (Å²) in [4.78, 5) is 35.3. The molecule has 0 saturated carbocycles. The first-order valence-corrected chi connectivity index (χ1v) is 10.7. The van der Waals surface area contributed by atoms with Gasteiger partial charge in [-0.3, -0.25) is 19.5 Å². The van der Waals surface area contributed by atoms with Crippen molar-refractivity contribution in [3.05, 3.63) is 30.2 Å². The SMILES string of the molecule is CCCC(=O)N1CCN(CC2CN(C(=O)Cn3cc(C)c4cnccc43)C2)CC1. The van der Waals surface area contributed by atoms with E-state index < -0.39 is 0 Å². The minimum Gasteiger partial charge on any atom is -0.340 e. The highest BCUT2D eigenvalue weighted by molar-refractivity contribution is 5.85. The van der Waals surface area contributed by atoms with Crippen LogP contribution >= 0.6 is 0 Å². The van der Waals surface area contributed by atoms with Crippen molar-refractivity contribution >= 4 is 22.7 Å². The van der Waals surface area contributed by atoms with Crippen LogP contribution < -0.4 is 0 Å². The van der Waals surface area contributed by atoms with E-state index in [-0.39, 0.29) is 11.8 Å². The van der Waals surface area contributed by atoms with Crippen LogP contribution in [0.4, 0.5) is 0 Å². The molecule has 2 saturated heterocycles. The van der Waals surface area contributed by atoms with E-state index in [9.17, 15) is 9.59 Å². The van der Waals surface area contributed by atoms with Gasteiger partial charge in [-0.1, -0.05) is 6.92 Å². The number of hydrogen-bond acceptors (Lipinski definition) is 4. The summed E-state index contributed by atoms with van der Waals surface area (Å²) in [5.41, 5.74) is 2.22. The monoisotopic (exact) mass is 397 g/mol. The molecule has 7 nitrogen and oxygen atoms in total. The van der Waals surface area contributed by atoms with Gasteiger partial charge < -0.3 is 14.4 Å². The molecule has 0 aliphatic carbocycles. The maximum Gasteiger partial charge on any atom is 0.242 e. The molecule has 0 unspecified atom stereocenters. The molecule has 7 heteroatoms. The van der Waals surface area contributed by atoms with Crippen molar-refractivity contribution in [1.29, 1.82) is 0 Å². The molecule has 2 aliphatic heterocycles. The first-order valence-electron chi connectivity index (χ1n) is 10.7. The summed E-state index contributed by atoms with van der Waals surface area (Å²) in [6.45, 7) is 10.8. The predicted molar refractivity (Wildman–Crippen MR) is 112 cm³/mol. The smallest absolute Gasteiger partial charge is 0.242 e. The molecule has 0 N–H and O–H groups in total. The molecule has 0 spiro atoms. The van der Waals surface area contributed by atoms with Gasteiger partial charge in [0.15, 0.2) is 0 Å². The van der Waals surface area contributed by atoms with Crippen LogP contribution in [0, 0.1) is 12.8 Å². The second-order valence-corrected chi connectivity index (χ2v) is 8.43. The fourth-order valence-electron chi connectivity index (χ4n) is 4.50. The Morgan fingerprint density at radius 1 is 1.10 bits per heavy atom. The van der Waals surface area contributed by atoms with E-state index in [4.69, 9.17) is 0 Å². The Hall–Kier alpha value is -2.41. The van der Waals surface area contributed by atoms with E-state index in [0.717, 1.165) is 68.7 Å². The number of rotatable bonds is 6. The molecule has 29 heavy (non-hydrogen) atoms. The Morgan fingerprint density at radius 3 is 2.59 bits per heavy atom. The van der Waals surface area contributed by atoms with Crippen molar-refractivity contribution in [2.24, 2.45) is 5.92 Å². The summed E-state index contributed by atoms with van der Waals surface area (Å²) in [7, 11) is 0. The van der Waals surface area contributed by atoms with Gasteiger partial charge in [-0.15, -0.1) is 0 Å². The number of nitrogens with zero attached hydrogens (tertiary/aromatic N) is 5. The molecule has 2 aromatic rings. The minimum atomic E-state index is 0.185. The van der Waals surface area contributed by atoms with Gasteiger partial charge in [-0.2, -0.15) is 0 Å². The van der Waals surface area contributed by atoms with E-state index in [0.29, 0.717) is 18.9 Å². The number of carbonyl (C=O) groups is 2. The van der Waals surface area contributed by atoms with Crippen molar-refractivity contribution in [2.75, 3.05) is 45.8 Å². The average Bonchev–Trinajstić information content (AvgIpc) is 3.00. The molecule has 4 heterocycles. The molecule has 0 aromatic carbocycles. The molecule has 2 amide bonds. The first kappa shape index (κ1) is 19.9. The fraction of sp³-hybridized carbons (Fsp3) is 0.591. The number of fused-ring (bicyclic) bond motifs is 1. The number of amides is 2. The lowest BCUT2D eigenvalue weighted by Gasteiger charge is -2.43. The lowest BCUT2D eigenvalue weighted by atomic mass is 9.99. The maximum atomic E-state index is 12.7. The van der Waals surface area contributed by atoms with Crippen LogP contribution in [-0.4, -0.2) is 81.9 Å². The number of aromatic nitrogens is 2. The lowest BCUT2D eigenvalue weighted by Crippen LogP contribution is -2.57. The zero-order chi connectivity index (χ0) is 20.4. The Labute approximate surface area is 172 Å². The summed E-state index contributed by atoms with van der Waals surface area (Å²) >= 11 is 0. The standard InChI is InChI=1S/C22H31N5O2/c1-3-4-21(28)25-9-7-24(8-10-25)13-18-14-27(15-18)22(29)16-26-12-17(2)19-11-23-6-5-20(19)26/h5-6,11-12,18H,3-4,7-10,13-16H2,1-2H3. The molecule has 2 fully saturated rings. The van der Waals surface area contributed by atoms with Crippen molar-refractivity contribution in [2.45, 2.75) is 33.2 Å². The van der Waals surface area contributed by atoms with Gasteiger partial charge in [0.25, 0.3) is 0 Å². The minimum absolute atomic E-state index is 0.185. The van der Waals surface area contributed by atoms with Gasteiger partial charge in [-0.05, 0) is 25.0 Å². The Kier molecular flexibility index (Phi) is 5.85. The van der Waals surface area contributed by atoms with E-state index in [1.54, 1.807) is 6.20 Å². The lowest BCUT2D eigenvalue weighted by molar-refractivity contribution is -0.139. The van der Waals surface area contributed by atoms with Crippen LogP contribution in [-0.2, 0) is 16.1 Å². The maximum absolute atomic E-state index is 12.7. The van der Waals surface area contributed by atoms with Crippen molar-refractivity contribution < 1.29 is 9.59 Å². The van der Waals surface area contributed by atoms with Crippen molar-refractivity contribution in [1.82, 2.24) is 24.3 Å². The predicted octanol–water partition coefficient (Wildman–Crippen LogP) is 1.75. The Balaban J connectivity index is 1.22. The zero-order valence-electron chi connectivity index (χ0n) is 17.5. The normalized spacial score (nSPS) is 18.3. The fourth-order valence-corrected chi connectivity index (χ4v) is 4.50. The van der Waals surface area contributed by atoms with Gasteiger partial charge in [-0.25, -0.2) is 0 Å². The quantitative estimate of drug-likeness (QED) is 0.745. The van der Waals surface area contributed by atoms with E-state index >= 15 is 0 Å². The number of aryl methyl sites for hydroxylation is 1. The number of piperazine rings is 1. The summed E-state index contributed by atoms with van der Waals surface area (Å²) in [6.07, 6.45) is 7.26. The van der Waals surface area contributed by atoms with Gasteiger partial charge in [0.1, 0.15) is 6.54 Å². The summed E-state index contributed by atoms with van der Waals surface area (Å²) < 4.78 is 2.04. The second-order valence-electron chi connectivity index (χ2n) is 8.43. The second kappa shape index (κ2) is 8.53. The van der Waals surface area contributed by atoms with Crippen molar-refractivity contribution in [3.63, 3.8) is 0 Å². The number of likely N-dealkylation sites (tertiary alicyclic amines) is 1. The van der Waals surface area contributed by atoms with E-state index in [1.165, 1.54) is 0 Å². The molecule has 0 atom stereocenters.